The maximum Gasteiger partial charge on any atom is 0.284 e. The van der Waals surface area contributed by atoms with Crippen molar-refractivity contribution in [2.24, 2.45) is 5.10 Å². The number of hydrazone groups is 1. The van der Waals surface area contributed by atoms with Crippen LogP contribution in [0.4, 0.5) is 0 Å². The number of para-hydroxylation sites is 2. The van der Waals surface area contributed by atoms with E-state index in [9.17, 15) is 4.79 Å². The van der Waals surface area contributed by atoms with E-state index in [2.05, 4.69) is 10.5 Å². The minimum atomic E-state index is -0.706. The molecule has 0 aromatic heterocycles. The molecule has 1 aliphatic rings. The number of rotatable bonds is 3. The van der Waals surface area contributed by atoms with E-state index in [0.29, 0.717) is 11.5 Å². The largest absolute Gasteiger partial charge is 0.485 e. The van der Waals surface area contributed by atoms with Gasteiger partial charge in [0.25, 0.3) is 5.91 Å². The first-order chi connectivity index (χ1) is 10.7. The molecule has 0 aliphatic carbocycles. The van der Waals surface area contributed by atoms with Gasteiger partial charge in [-0.2, -0.15) is 5.10 Å². The summed E-state index contributed by atoms with van der Waals surface area (Å²) in [6, 6.07) is 16.9. The van der Waals surface area contributed by atoms with Crippen molar-refractivity contribution >= 4 is 11.6 Å². The zero-order valence-electron chi connectivity index (χ0n) is 12.2. The van der Waals surface area contributed by atoms with Gasteiger partial charge in [0.15, 0.2) is 11.5 Å². The highest BCUT2D eigenvalue weighted by molar-refractivity contribution is 5.99. The third-order valence-corrected chi connectivity index (χ3v) is 3.33. The number of carbonyl (C=O) groups is 1. The molecule has 2 aromatic rings. The zero-order valence-corrected chi connectivity index (χ0v) is 12.2. The van der Waals surface area contributed by atoms with E-state index in [0.717, 1.165) is 11.3 Å². The molecular weight excluding hydrogens is 280 g/mol. The number of benzene rings is 2. The Bertz CT molecular complexity index is 698. The molecule has 2 aromatic carbocycles. The molecule has 0 saturated carbocycles. The number of hydrogen-bond acceptors (Lipinski definition) is 4. The number of ether oxygens (including phenoxy) is 2. The van der Waals surface area contributed by atoms with E-state index < -0.39 is 6.10 Å². The summed E-state index contributed by atoms with van der Waals surface area (Å²) in [5.74, 6) is 0.887. The van der Waals surface area contributed by atoms with Gasteiger partial charge in [0, 0.05) is 0 Å². The zero-order chi connectivity index (χ0) is 15.4. The molecule has 5 nitrogen and oxygen atoms in total. The van der Waals surface area contributed by atoms with Crippen molar-refractivity contribution in [3.8, 4) is 11.5 Å². The van der Waals surface area contributed by atoms with Gasteiger partial charge in [0.2, 0.25) is 6.10 Å². The highest BCUT2D eigenvalue weighted by Crippen LogP contribution is 2.30. The molecule has 5 heteroatoms. The average Bonchev–Trinajstić information content (AvgIpc) is 2.59. The molecule has 0 fully saturated rings. The van der Waals surface area contributed by atoms with E-state index in [1.54, 1.807) is 12.1 Å². The molecule has 1 atom stereocenters. The Labute approximate surface area is 128 Å². The van der Waals surface area contributed by atoms with Crippen LogP contribution in [0.1, 0.15) is 12.5 Å². The minimum absolute atomic E-state index is 0.169. The summed E-state index contributed by atoms with van der Waals surface area (Å²) >= 11 is 0. The summed E-state index contributed by atoms with van der Waals surface area (Å²) in [7, 11) is 0. The molecule has 0 bridgehead atoms. The highest BCUT2D eigenvalue weighted by Gasteiger charge is 2.27. The minimum Gasteiger partial charge on any atom is -0.485 e. The summed E-state index contributed by atoms with van der Waals surface area (Å²) in [6.45, 7) is 2.01. The first kappa shape index (κ1) is 14.1. The molecule has 0 spiro atoms. The lowest BCUT2D eigenvalue weighted by Gasteiger charge is -2.24. The Morgan fingerprint density at radius 2 is 1.77 bits per heavy atom. The number of fused-ring (bicyclic) bond motifs is 1. The van der Waals surface area contributed by atoms with Crippen LogP contribution >= 0.6 is 0 Å². The van der Waals surface area contributed by atoms with Gasteiger partial charge in [-0.3, -0.25) is 4.79 Å². The van der Waals surface area contributed by atoms with E-state index in [1.165, 1.54) is 0 Å². The molecule has 0 radical (unpaired) electrons. The van der Waals surface area contributed by atoms with Gasteiger partial charge in [-0.15, -0.1) is 0 Å². The highest BCUT2D eigenvalue weighted by atomic mass is 16.6. The van der Waals surface area contributed by atoms with Crippen LogP contribution in [0.25, 0.3) is 0 Å². The van der Waals surface area contributed by atoms with Crippen LogP contribution in [0, 0.1) is 0 Å². The van der Waals surface area contributed by atoms with Gasteiger partial charge in [-0.05, 0) is 24.6 Å². The fraction of sp³-hybridized carbons (Fsp3) is 0.176. The maximum atomic E-state index is 12.1. The standard InChI is InChI=1S/C17H16N2O3/c1-12(13-7-3-2-4-8-13)18-19-17(20)16-11-21-14-9-5-6-10-15(14)22-16/h2-10,16H,11H2,1H3,(H,19,20)/t16-/m0/s1. The van der Waals surface area contributed by atoms with Crippen molar-refractivity contribution in [1.82, 2.24) is 5.43 Å². The molecule has 1 aliphatic heterocycles. The van der Waals surface area contributed by atoms with Crippen molar-refractivity contribution in [3.63, 3.8) is 0 Å². The number of nitrogens with zero attached hydrogens (tertiary/aromatic N) is 1. The quantitative estimate of drug-likeness (QED) is 0.698. The Hall–Kier alpha value is -2.82. The molecule has 3 rings (SSSR count). The predicted molar refractivity (Wildman–Crippen MR) is 83.1 cm³/mol. The fourth-order valence-corrected chi connectivity index (χ4v) is 2.10. The van der Waals surface area contributed by atoms with Crippen LogP contribution in [-0.2, 0) is 4.79 Å². The maximum absolute atomic E-state index is 12.1. The SMILES string of the molecule is CC(=NNC(=O)[C@@H]1COc2ccccc2O1)c1ccccc1. The Morgan fingerprint density at radius 3 is 2.55 bits per heavy atom. The summed E-state index contributed by atoms with van der Waals surface area (Å²) in [5, 5.41) is 4.11. The van der Waals surface area contributed by atoms with Crippen molar-refractivity contribution in [2.75, 3.05) is 6.61 Å². The second-order valence-corrected chi connectivity index (χ2v) is 4.90. The molecule has 112 valence electrons. The Kier molecular flexibility index (Phi) is 4.05. The second-order valence-electron chi connectivity index (χ2n) is 4.90. The van der Waals surface area contributed by atoms with Crippen molar-refractivity contribution in [2.45, 2.75) is 13.0 Å². The van der Waals surface area contributed by atoms with Crippen molar-refractivity contribution in [1.29, 1.82) is 0 Å². The van der Waals surface area contributed by atoms with Crippen LogP contribution in [0.2, 0.25) is 0 Å². The smallest absolute Gasteiger partial charge is 0.284 e. The predicted octanol–water partition coefficient (Wildman–Crippen LogP) is 2.37. The van der Waals surface area contributed by atoms with Crippen LogP contribution in [0.3, 0.4) is 0 Å². The van der Waals surface area contributed by atoms with Gasteiger partial charge >= 0.3 is 0 Å². The number of carbonyl (C=O) groups excluding carboxylic acids is 1. The lowest BCUT2D eigenvalue weighted by Crippen LogP contribution is -2.42. The van der Waals surface area contributed by atoms with Gasteiger partial charge in [-0.1, -0.05) is 42.5 Å². The van der Waals surface area contributed by atoms with Crippen LogP contribution < -0.4 is 14.9 Å². The summed E-state index contributed by atoms with van der Waals surface area (Å²) in [5.41, 5.74) is 4.21. The third-order valence-electron chi connectivity index (χ3n) is 3.33. The van der Waals surface area contributed by atoms with Gasteiger partial charge in [-0.25, -0.2) is 5.43 Å². The molecule has 1 N–H and O–H groups in total. The van der Waals surface area contributed by atoms with Crippen molar-refractivity contribution < 1.29 is 14.3 Å². The molecule has 0 saturated heterocycles. The normalized spacial score (nSPS) is 17.0. The number of hydrogen-bond donors (Lipinski definition) is 1. The summed E-state index contributed by atoms with van der Waals surface area (Å²) in [6.07, 6.45) is -0.706. The lowest BCUT2D eigenvalue weighted by atomic mass is 10.1. The van der Waals surface area contributed by atoms with E-state index in [-0.39, 0.29) is 12.5 Å². The summed E-state index contributed by atoms with van der Waals surface area (Å²) < 4.78 is 11.1. The molecular formula is C17H16N2O3. The van der Waals surface area contributed by atoms with Gasteiger partial charge in [0.1, 0.15) is 6.61 Å². The first-order valence-electron chi connectivity index (χ1n) is 7.02. The Balaban J connectivity index is 1.64. The molecule has 1 heterocycles. The molecule has 22 heavy (non-hydrogen) atoms. The molecule has 0 unspecified atom stereocenters. The first-order valence-corrected chi connectivity index (χ1v) is 7.02. The van der Waals surface area contributed by atoms with E-state index in [1.807, 2.05) is 49.4 Å². The monoisotopic (exact) mass is 296 g/mol. The van der Waals surface area contributed by atoms with Crippen molar-refractivity contribution in [3.05, 3.63) is 60.2 Å². The van der Waals surface area contributed by atoms with E-state index >= 15 is 0 Å². The fourth-order valence-electron chi connectivity index (χ4n) is 2.10. The summed E-state index contributed by atoms with van der Waals surface area (Å²) in [4.78, 5) is 12.1. The van der Waals surface area contributed by atoms with E-state index in [4.69, 9.17) is 9.47 Å². The van der Waals surface area contributed by atoms with Crippen LogP contribution in [0.15, 0.2) is 59.7 Å². The Morgan fingerprint density at radius 1 is 1.09 bits per heavy atom. The van der Waals surface area contributed by atoms with Crippen LogP contribution in [0.5, 0.6) is 11.5 Å². The second kappa shape index (κ2) is 6.30. The average molecular weight is 296 g/mol. The lowest BCUT2D eigenvalue weighted by molar-refractivity contribution is -0.130. The number of amides is 1. The van der Waals surface area contributed by atoms with Gasteiger partial charge in [0.05, 0.1) is 5.71 Å². The topological polar surface area (TPSA) is 59.9 Å². The molecule has 1 amide bonds. The van der Waals surface area contributed by atoms with Gasteiger partial charge < -0.3 is 9.47 Å². The third kappa shape index (κ3) is 3.09. The number of nitrogens with one attached hydrogen (secondary N) is 1. The van der Waals surface area contributed by atoms with Crippen LogP contribution in [-0.4, -0.2) is 24.3 Å².